The molecule has 1 saturated carbocycles. The summed E-state index contributed by atoms with van der Waals surface area (Å²) >= 11 is 2.12. The average molecular weight is 395 g/mol. The zero-order valence-electron chi connectivity index (χ0n) is 18.2. The molecule has 1 nitrogen and oxygen atoms in total. The minimum atomic E-state index is 0.459. The molecule has 0 spiro atoms. The molecule has 1 aliphatic carbocycles. The molecule has 0 saturated heterocycles. The molecular weight excluding hydrogens is 348 g/mol. The maximum absolute atomic E-state index is 12.3. The summed E-state index contributed by atoms with van der Waals surface area (Å²) in [5.41, 5.74) is 0. The lowest BCUT2D eigenvalue weighted by Gasteiger charge is -2.29. The van der Waals surface area contributed by atoms with Crippen molar-refractivity contribution in [2.45, 2.75) is 128 Å². The van der Waals surface area contributed by atoms with Crippen LogP contribution < -0.4 is 0 Å². The van der Waals surface area contributed by atoms with Gasteiger partial charge in [0, 0.05) is 18.1 Å². The van der Waals surface area contributed by atoms with Crippen molar-refractivity contribution in [1.82, 2.24) is 0 Å². The van der Waals surface area contributed by atoms with E-state index in [0.717, 1.165) is 18.8 Å². The monoisotopic (exact) mass is 394 g/mol. The third kappa shape index (κ3) is 13.6. The van der Waals surface area contributed by atoms with Gasteiger partial charge in [-0.1, -0.05) is 90.0 Å². The Balaban J connectivity index is 2.13. The van der Waals surface area contributed by atoms with Gasteiger partial charge in [0.1, 0.15) is 5.78 Å². The Morgan fingerprint density at radius 3 is 2.15 bits per heavy atom. The number of allylic oxidation sites excluding steroid dienone is 1. The van der Waals surface area contributed by atoms with Gasteiger partial charge >= 0.3 is 0 Å². The summed E-state index contributed by atoms with van der Waals surface area (Å²) < 4.78 is 0. The van der Waals surface area contributed by atoms with Crippen LogP contribution in [0.1, 0.15) is 122 Å². The number of carbonyl (C=O) groups excluding carboxylic acids is 1. The van der Waals surface area contributed by atoms with Crippen molar-refractivity contribution >= 4 is 17.5 Å². The summed E-state index contributed by atoms with van der Waals surface area (Å²) in [5.74, 6) is 2.51. The van der Waals surface area contributed by atoms with Crippen LogP contribution in [0.5, 0.6) is 0 Å². The maximum Gasteiger partial charge on any atom is 0.134 e. The van der Waals surface area contributed by atoms with Gasteiger partial charge in [-0.25, -0.2) is 0 Å². The van der Waals surface area contributed by atoms with E-state index in [1.165, 1.54) is 102 Å². The summed E-state index contributed by atoms with van der Waals surface area (Å²) in [5, 5.41) is 0.584. The molecule has 1 atom stereocenters. The number of hydrogen-bond donors (Lipinski definition) is 0. The van der Waals surface area contributed by atoms with Crippen LogP contribution in [0.2, 0.25) is 0 Å². The van der Waals surface area contributed by atoms with Gasteiger partial charge < -0.3 is 0 Å². The smallest absolute Gasteiger partial charge is 0.134 e. The van der Waals surface area contributed by atoms with E-state index in [1.54, 1.807) is 0 Å². The molecule has 1 fully saturated rings. The molecule has 0 aromatic carbocycles. The fraction of sp³-hybridized carbons (Fsp3) is 0.880. The maximum atomic E-state index is 12.3. The van der Waals surface area contributed by atoms with E-state index in [9.17, 15) is 4.79 Å². The molecule has 158 valence electrons. The topological polar surface area (TPSA) is 17.1 Å². The summed E-state index contributed by atoms with van der Waals surface area (Å²) in [6, 6.07) is 0. The van der Waals surface area contributed by atoms with E-state index >= 15 is 0 Å². The fourth-order valence-corrected chi connectivity index (χ4v) is 5.80. The molecule has 0 bridgehead atoms. The molecule has 0 radical (unpaired) electrons. The molecule has 0 N–H and O–H groups in total. The number of Topliss-reactive ketones (excluding diaryl/α,β-unsaturated/α-hetero) is 1. The van der Waals surface area contributed by atoms with Crippen molar-refractivity contribution in [2.24, 2.45) is 5.92 Å². The molecule has 0 aromatic rings. The Labute approximate surface area is 174 Å². The number of ketones is 1. The molecule has 2 heteroatoms. The summed E-state index contributed by atoms with van der Waals surface area (Å²) in [6.07, 6.45) is 25.1. The summed E-state index contributed by atoms with van der Waals surface area (Å²) in [6.45, 7) is 6.04. The Kier molecular flexibility index (Phi) is 16.4. The van der Waals surface area contributed by atoms with Crippen LogP contribution in [0, 0.1) is 5.92 Å². The van der Waals surface area contributed by atoms with E-state index in [2.05, 4.69) is 25.3 Å². The van der Waals surface area contributed by atoms with Gasteiger partial charge in [-0.3, -0.25) is 4.79 Å². The highest BCUT2D eigenvalue weighted by atomic mass is 32.2. The normalized spacial score (nSPS) is 16.3. The van der Waals surface area contributed by atoms with Crippen molar-refractivity contribution in [3.63, 3.8) is 0 Å². The second-order valence-electron chi connectivity index (χ2n) is 8.56. The van der Waals surface area contributed by atoms with Crippen molar-refractivity contribution in [3.8, 4) is 0 Å². The first-order chi connectivity index (χ1) is 13.3. The van der Waals surface area contributed by atoms with Crippen molar-refractivity contribution in [3.05, 3.63) is 12.7 Å². The van der Waals surface area contributed by atoms with Gasteiger partial charge in [0.15, 0.2) is 0 Å². The second kappa shape index (κ2) is 17.8. The Morgan fingerprint density at radius 2 is 1.56 bits per heavy atom. The van der Waals surface area contributed by atoms with E-state index in [1.807, 2.05) is 6.08 Å². The molecule has 27 heavy (non-hydrogen) atoms. The third-order valence-corrected chi connectivity index (χ3v) is 7.57. The lowest BCUT2D eigenvalue weighted by molar-refractivity contribution is -0.119. The minimum absolute atomic E-state index is 0.459. The Bertz CT molecular complexity index is 359. The minimum Gasteiger partial charge on any atom is -0.300 e. The molecule has 0 aromatic heterocycles. The van der Waals surface area contributed by atoms with Crippen LogP contribution >= 0.6 is 11.8 Å². The van der Waals surface area contributed by atoms with Gasteiger partial charge in [-0.2, -0.15) is 11.8 Å². The molecule has 0 amide bonds. The predicted octanol–water partition coefficient (Wildman–Crippen LogP) is 8.51. The molecule has 1 rings (SSSR count). The first kappa shape index (κ1) is 24.8. The SMILES string of the molecule is C=CCCC(=O)CC(SCCCCCCCCCCCC)C1CCCCC1. The highest BCUT2D eigenvalue weighted by molar-refractivity contribution is 7.99. The molecule has 0 aliphatic heterocycles. The zero-order chi connectivity index (χ0) is 19.6. The van der Waals surface area contributed by atoms with Crippen LogP contribution in [0.3, 0.4) is 0 Å². The van der Waals surface area contributed by atoms with E-state index in [4.69, 9.17) is 0 Å². The number of unbranched alkanes of at least 4 members (excludes halogenated alkanes) is 9. The van der Waals surface area contributed by atoms with Gasteiger partial charge in [0.2, 0.25) is 0 Å². The van der Waals surface area contributed by atoms with Gasteiger partial charge in [0.25, 0.3) is 0 Å². The van der Waals surface area contributed by atoms with Gasteiger partial charge in [-0.05, 0) is 37.4 Å². The number of rotatable bonds is 18. The zero-order valence-corrected chi connectivity index (χ0v) is 19.0. The summed E-state index contributed by atoms with van der Waals surface area (Å²) in [7, 11) is 0. The van der Waals surface area contributed by atoms with Crippen molar-refractivity contribution < 1.29 is 4.79 Å². The standard InChI is InChI=1S/C25H46OS/c1-3-5-7-8-9-10-11-12-13-17-21-27-25(22-24(26)20-6-4-2)23-18-15-14-16-19-23/h4,23,25H,2-3,5-22H2,1H3. The average Bonchev–Trinajstić information content (AvgIpc) is 2.70. The van der Waals surface area contributed by atoms with E-state index in [-0.39, 0.29) is 0 Å². The Hall–Kier alpha value is -0.240. The van der Waals surface area contributed by atoms with E-state index in [0.29, 0.717) is 17.5 Å². The van der Waals surface area contributed by atoms with Crippen LogP contribution in [-0.2, 0) is 4.79 Å². The predicted molar refractivity (Wildman–Crippen MR) is 124 cm³/mol. The fourth-order valence-electron chi connectivity index (χ4n) is 4.28. The first-order valence-corrected chi connectivity index (χ1v) is 13.1. The largest absolute Gasteiger partial charge is 0.300 e. The second-order valence-corrected chi connectivity index (χ2v) is 9.91. The lowest BCUT2D eigenvalue weighted by atomic mass is 9.85. The highest BCUT2D eigenvalue weighted by Crippen LogP contribution is 2.35. The Morgan fingerprint density at radius 1 is 0.963 bits per heavy atom. The van der Waals surface area contributed by atoms with Crippen LogP contribution in [0.15, 0.2) is 12.7 Å². The molecule has 0 heterocycles. The van der Waals surface area contributed by atoms with Gasteiger partial charge in [-0.15, -0.1) is 6.58 Å². The van der Waals surface area contributed by atoms with Crippen LogP contribution in [0.4, 0.5) is 0 Å². The van der Waals surface area contributed by atoms with E-state index < -0.39 is 0 Å². The van der Waals surface area contributed by atoms with Crippen molar-refractivity contribution in [2.75, 3.05) is 5.75 Å². The van der Waals surface area contributed by atoms with Crippen molar-refractivity contribution in [1.29, 1.82) is 0 Å². The number of carbonyl (C=O) groups is 1. The van der Waals surface area contributed by atoms with Crippen LogP contribution in [-0.4, -0.2) is 16.8 Å². The number of hydrogen-bond acceptors (Lipinski definition) is 2. The molecule has 1 unspecified atom stereocenters. The third-order valence-electron chi connectivity index (χ3n) is 6.06. The summed E-state index contributed by atoms with van der Waals surface area (Å²) in [4.78, 5) is 12.3. The lowest BCUT2D eigenvalue weighted by Crippen LogP contribution is -2.23. The quantitative estimate of drug-likeness (QED) is 0.171. The molecule has 1 aliphatic rings. The number of thioether (sulfide) groups is 1. The highest BCUT2D eigenvalue weighted by Gasteiger charge is 2.25. The first-order valence-electron chi connectivity index (χ1n) is 12.0. The van der Waals surface area contributed by atoms with Crippen LogP contribution in [0.25, 0.3) is 0 Å². The van der Waals surface area contributed by atoms with Gasteiger partial charge in [0.05, 0.1) is 0 Å². The molecular formula is C25H46OS.